The third-order valence-corrected chi connectivity index (χ3v) is 8.53. The van der Waals surface area contributed by atoms with Crippen molar-refractivity contribution in [2.45, 2.75) is 84.2 Å². The molecule has 1 saturated carbocycles. The van der Waals surface area contributed by atoms with Gasteiger partial charge >= 0.3 is 5.97 Å². The summed E-state index contributed by atoms with van der Waals surface area (Å²) >= 11 is 0. The number of ether oxygens (including phenoxy) is 1. The van der Waals surface area contributed by atoms with Crippen LogP contribution in [0.25, 0.3) is 0 Å². The van der Waals surface area contributed by atoms with Crippen LogP contribution in [0.5, 0.6) is 0 Å². The molecule has 0 unspecified atom stereocenters. The lowest BCUT2D eigenvalue weighted by Gasteiger charge is -2.33. The fourth-order valence-electron chi connectivity index (χ4n) is 4.61. The largest absolute Gasteiger partial charge is 0.461 e. The van der Waals surface area contributed by atoms with E-state index >= 15 is 0 Å². The molecule has 172 valence electrons. The lowest BCUT2D eigenvalue weighted by molar-refractivity contribution is 0.0519. The van der Waals surface area contributed by atoms with Crippen LogP contribution in [0, 0.1) is 27.7 Å². The molecule has 1 aliphatic carbocycles. The fourth-order valence-corrected chi connectivity index (χ4v) is 6.67. The molecule has 8 nitrogen and oxygen atoms in total. The molecule has 2 heterocycles. The van der Waals surface area contributed by atoms with E-state index in [9.17, 15) is 13.2 Å². The molecule has 1 fully saturated rings. The van der Waals surface area contributed by atoms with E-state index < -0.39 is 16.0 Å². The van der Waals surface area contributed by atoms with Crippen molar-refractivity contribution in [3.05, 3.63) is 33.9 Å². The van der Waals surface area contributed by atoms with E-state index in [0.717, 1.165) is 48.9 Å². The Labute approximate surface area is 185 Å². The quantitative estimate of drug-likeness (QED) is 0.649. The van der Waals surface area contributed by atoms with Gasteiger partial charge in [-0.3, -0.25) is 4.68 Å². The second-order valence-electron chi connectivity index (χ2n) is 8.41. The van der Waals surface area contributed by atoms with E-state index in [1.807, 2.05) is 13.8 Å². The van der Waals surface area contributed by atoms with Crippen LogP contribution in [0.15, 0.2) is 4.90 Å². The van der Waals surface area contributed by atoms with Crippen LogP contribution in [-0.2, 0) is 28.4 Å². The third-order valence-electron chi connectivity index (χ3n) is 6.38. The zero-order valence-corrected chi connectivity index (χ0v) is 20.2. The van der Waals surface area contributed by atoms with Gasteiger partial charge in [-0.05, 0) is 58.6 Å². The Balaban J connectivity index is 2.07. The number of aromatic nitrogens is 3. The number of sulfonamides is 1. The number of rotatable bonds is 7. The van der Waals surface area contributed by atoms with Gasteiger partial charge in [0, 0.05) is 25.3 Å². The Bertz CT molecular complexity index is 1060. The van der Waals surface area contributed by atoms with Crippen molar-refractivity contribution < 1.29 is 17.9 Å². The molecule has 0 atom stereocenters. The van der Waals surface area contributed by atoms with E-state index in [2.05, 4.69) is 10.1 Å². The molecule has 1 aliphatic rings. The van der Waals surface area contributed by atoms with E-state index in [1.54, 1.807) is 36.8 Å². The molecule has 0 spiro atoms. The van der Waals surface area contributed by atoms with Gasteiger partial charge in [0.15, 0.2) is 0 Å². The van der Waals surface area contributed by atoms with Gasteiger partial charge in [0.25, 0.3) is 0 Å². The molecule has 0 amide bonds. The summed E-state index contributed by atoms with van der Waals surface area (Å²) < 4.78 is 36.3. The van der Waals surface area contributed by atoms with Crippen molar-refractivity contribution >= 4 is 16.0 Å². The molecule has 0 saturated heterocycles. The number of nitrogens with zero attached hydrogens (tertiary/aromatic N) is 3. The summed E-state index contributed by atoms with van der Waals surface area (Å²) in [4.78, 5) is 15.7. The molecule has 31 heavy (non-hydrogen) atoms. The van der Waals surface area contributed by atoms with Gasteiger partial charge in [0.05, 0.1) is 18.0 Å². The summed E-state index contributed by atoms with van der Waals surface area (Å²) in [5.74, 6) is -0.416. The maximum Gasteiger partial charge on any atom is 0.355 e. The Morgan fingerprint density at radius 2 is 1.84 bits per heavy atom. The van der Waals surface area contributed by atoms with E-state index in [0.29, 0.717) is 17.1 Å². The number of carbonyl (C=O) groups is 1. The van der Waals surface area contributed by atoms with Crippen LogP contribution in [-0.4, -0.2) is 46.1 Å². The SMILES string of the molecule is CCOC(=O)c1[nH]c(C)c(CN(C2CCCCC2)S(=O)(=O)c2c(C)nn(C)c2C)c1C. The average Bonchev–Trinajstić information content (AvgIpc) is 3.15. The first-order valence-electron chi connectivity index (χ1n) is 11.0. The highest BCUT2D eigenvalue weighted by molar-refractivity contribution is 7.89. The van der Waals surface area contributed by atoms with E-state index in [4.69, 9.17) is 4.74 Å². The Morgan fingerprint density at radius 1 is 1.19 bits per heavy atom. The average molecular weight is 451 g/mol. The van der Waals surface area contributed by atoms with Crippen molar-refractivity contribution in [1.82, 2.24) is 19.1 Å². The fraction of sp³-hybridized carbons (Fsp3) is 0.636. The lowest BCUT2D eigenvalue weighted by atomic mass is 9.95. The van der Waals surface area contributed by atoms with E-state index in [1.165, 1.54) is 0 Å². The molecule has 3 rings (SSSR count). The Kier molecular flexibility index (Phi) is 6.95. The predicted molar refractivity (Wildman–Crippen MR) is 119 cm³/mol. The normalized spacial score (nSPS) is 15.6. The highest BCUT2D eigenvalue weighted by Gasteiger charge is 2.37. The number of aryl methyl sites for hydroxylation is 3. The van der Waals surface area contributed by atoms with Gasteiger partial charge in [-0.25, -0.2) is 13.2 Å². The third kappa shape index (κ3) is 4.43. The molecule has 9 heteroatoms. The minimum Gasteiger partial charge on any atom is -0.461 e. The monoisotopic (exact) mass is 450 g/mol. The number of hydrogen-bond acceptors (Lipinski definition) is 5. The summed E-state index contributed by atoms with van der Waals surface area (Å²) in [6.07, 6.45) is 4.84. The molecular formula is C22H34N4O4S. The lowest BCUT2D eigenvalue weighted by Crippen LogP contribution is -2.41. The summed E-state index contributed by atoms with van der Waals surface area (Å²) in [5, 5.41) is 4.34. The molecule has 2 aromatic rings. The zero-order chi connectivity index (χ0) is 22.9. The van der Waals surface area contributed by atoms with Gasteiger partial charge in [-0.15, -0.1) is 0 Å². The standard InChI is InChI=1S/C22H34N4O4S/c1-7-30-22(27)20-14(2)19(15(3)23-20)13-26(18-11-9-8-10-12-18)31(28,29)21-16(4)24-25(6)17(21)5/h18,23H,7-13H2,1-6H3. The maximum absolute atomic E-state index is 13.9. The van der Waals surface area contributed by atoms with Crippen LogP contribution in [0.2, 0.25) is 0 Å². The first-order valence-corrected chi connectivity index (χ1v) is 12.4. The molecule has 1 N–H and O–H groups in total. The predicted octanol–water partition coefficient (Wildman–Crippen LogP) is 3.68. The number of H-pyrrole nitrogens is 1. The minimum atomic E-state index is -3.77. The first kappa shape index (κ1) is 23.5. The van der Waals surface area contributed by atoms with Crippen LogP contribution in [0.1, 0.15) is 77.7 Å². The zero-order valence-electron chi connectivity index (χ0n) is 19.4. The minimum absolute atomic E-state index is 0.0718. The Morgan fingerprint density at radius 3 is 2.39 bits per heavy atom. The number of nitrogens with one attached hydrogen (secondary N) is 1. The molecule has 0 aromatic carbocycles. The highest BCUT2D eigenvalue weighted by Crippen LogP contribution is 2.33. The van der Waals surface area contributed by atoms with Crippen molar-refractivity contribution in [3.8, 4) is 0 Å². The van der Waals surface area contributed by atoms with Gasteiger partial charge in [-0.2, -0.15) is 9.40 Å². The smallest absolute Gasteiger partial charge is 0.355 e. The number of hydrogen-bond donors (Lipinski definition) is 1. The number of aromatic amines is 1. The maximum atomic E-state index is 13.9. The van der Waals surface area contributed by atoms with Crippen LogP contribution >= 0.6 is 0 Å². The van der Waals surface area contributed by atoms with Crippen molar-refractivity contribution in [1.29, 1.82) is 0 Å². The molecule has 0 bridgehead atoms. The Hall–Kier alpha value is -2.13. The van der Waals surface area contributed by atoms with Crippen LogP contribution in [0.4, 0.5) is 0 Å². The summed E-state index contributed by atoms with van der Waals surface area (Å²) in [6.45, 7) is 9.51. The summed E-state index contributed by atoms with van der Waals surface area (Å²) in [7, 11) is -2.01. The van der Waals surface area contributed by atoms with Crippen LogP contribution < -0.4 is 0 Å². The molecule has 0 radical (unpaired) electrons. The van der Waals surface area contributed by atoms with Gasteiger partial charge in [0.2, 0.25) is 10.0 Å². The van der Waals surface area contributed by atoms with Gasteiger partial charge in [0.1, 0.15) is 10.6 Å². The number of esters is 1. The summed E-state index contributed by atoms with van der Waals surface area (Å²) in [5.41, 5.74) is 3.90. The number of carbonyl (C=O) groups excluding carboxylic acids is 1. The van der Waals surface area contributed by atoms with Crippen molar-refractivity contribution in [2.75, 3.05) is 6.61 Å². The molecular weight excluding hydrogens is 416 g/mol. The van der Waals surface area contributed by atoms with Crippen LogP contribution in [0.3, 0.4) is 0 Å². The highest BCUT2D eigenvalue weighted by atomic mass is 32.2. The molecule has 0 aliphatic heterocycles. The van der Waals surface area contributed by atoms with Gasteiger partial charge in [-0.1, -0.05) is 19.3 Å². The second kappa shape index (κ2) is 9.16. The van der Waals surface area contributed by atoms with Crippen molar-refractivity contribution in [3.63, 3.8) is 0 Å². The van der Waals surface area contributed by atoms with E-state index in [-0.39, 0.29) is 24.1 Å². The topological polar surface area (TPSA) is 97.3 Å². The first-order chi connectivity index (χ1) is 14.6. The summed E-state index contributed by atoms with van der Waals surface area (Å²) in [6, 6.07) is -0.0718. The molecule has 2 aromatic heterocycles. The van der Waals surface area contributed by atoms with Gasteiger partial charge < -0.3 is 9.72 Å². The second-order valence-corrected chi connectivity index (χ2v) is 10.2. The van der Waals surface area contributed by atoms with Crippen molar-refractivity contribution in [2.24, 2.45) is 7.05 Å².